The fraction of sp³-hybridized carbons (Fsp3) is 0.278. The summed E-state index contributed by atoms with van der Waals surface area (Å²) >= 11 is 8.03. The largest absolute Gasteiger partial charge is 0.449 e. The summed E-state index contributed by atoms with van der Waals surface area (Å²) in [6.45, 7) is 4.13. The van der Waals surface area contributed by atoms with Crippen molar-refractivity contribution in [1.29, 1.82) is 0 Å². The summed E-state index contributed by atoms with van der Waals surface area (Å²) in [5.41, 5.74) is 7.79. The molecule has 1 atom stereocenters. The minimum atomic E-state index is -0.567. The van der Waals surface area contributed by atoms with Crippen molar-refractivity contribution in [3.8, 4) is 0 Å². The number of nitrogens with zero attached hydrogens (tertiary/aromatic N) is 2. The van der Waals surface area contributed by atoms with Crippen LogP contribution in [0.15, 0.2) is 40.3 Å². The van der Waals surface area contributed by atoms with Crippen LogP contribution in [0, 0.1) is 0 Å². The molecule has 3 rings (SSSR count). The molecule has 1 aromatic carbocycles. The predicted molar refractivity (Wildman–Crippen MR) is 106 cm³/mol. The van der Waals surface area contributed by atoms with Crippen LogP contribution < -0.4 is 10.9 Å². The molecular formula is C18H19ClN4O2S. The van der Waals surface area contributed by atoms with Gasteiger partial charge in [-0.25, -0.2) is 15.2 Å². The first-order valence-corrected chi connectivity index (χ1v) is 9.50. The number of hydrogen-bond donors (Lipinski definition) is 2. The molecule has 1 aliphatic rings. The van der Waals surface area contributed by atoms with Crippen LogP contribution in [0.25, 0.3) is 0 Å². The van der Waals surface area contributed by atoms with Crippen LogP contribution in [0.4, 0.5) is 9.80 Å². The Morgan fingerprint density at radius 3 is 2.85 bits per heavy atom. The van der Waals surface area contributed by atoms with Crippen molar-refractivity contribution in [3.05, 3.63) is 51.4 Å². The van der Waals surface area contributed by atoms with Crippen molar-refractivity contribution >= 4 is 46.0 Å². The molecule has 0 aliphatic carbocycles. The number of nitrogens with one attached hydrogen (secondary N) is 2. The number of hydrogen-bond acceptors (Lipinski definition) is 6. The van der Waals surface area contributed by atoms with Gasteiger partial charge in [0.15, 0.2) is 6.17 Å². The predicted octanol–water partition coefficient (Wildman–Crippen LogP) is 4.09. The Morgan fingerprint density at radius 1 is 1.31 bits per heavy atom. The van der Waals surface area contributed by atoms with E-state index in [1.165, 1.54) is 4.88 Å². The number of thiophene rings is 1. The average Bonchev–Trinajstić information content (AvgIpc) is 2.98. The second-order valence-electron chi connectivity index (χ2n) is 5.46. The van der Waals surface area contributed by atoms with Gasteiger partial charge in [-0.3, -0.25) is 10.4 Å². The maximum absolute atomic E-state index is 11.5. The van der Waals surface area contributed by atoms with E-state index in [9.17, 15) is 4.79 Å². The summed E-state index contributed by atoms with van der Waals surface area (Å²) in [5, 5.41) is 1.49. The van der Waals surface area contributed by atoms with Gasteiger partial charge in [0.05, 0.1) is 12.3 Å². The summed E-state index contributed by atoms with van der Waals surface area (Å²) in [5.74, 6) is 0. The maximum Gasteiger partial charge on any atom is 0.421 e. The Morgan fingerprint density at radius 2 is 2.12 bits per heavy atom. The van der Waals surface area contributed by atoms with Gasteiger partial charge in [-0.05, 0) is 25.5 Å². The highest BCUT2D eigenvalue weighted by atomic mass is 35.5. The fourth-order valence-corrected chi connectivity index (χ4v) is 3.66. The molecule has 8 heteroatoms. The van der Waals surface area contributed by atoms with Crippen LogP contribution in [-0.4, -0.2) is 30.8 Å². The van der Waals surface area contributed by atoms with Crippen molar-refractivity contribution < 1.29 is 9.53 Å². The minimum Gasteiger partial charge on any atom is -0.449 e. The second-order valence-corrected chi connectivity index (χ2v) is 6.98. The summed E-state index contributed by atoms with van der Waals surface area (Å²) in [6.07, 6.45) is 1.47. The van der Waals surface area contributed by atoms with Crippen molar-refractivity contribution in [2.24, 2.45) is 9.98 Å². The normalized spacial score (nSPS) is 15.8. The molecular weight excluding hydrogens is 372 g/mol. The number of aliphatic imine (C=N–C) groups is 2. The van der Waals surface area contributed by atoms with Gasteiger partial charge in [0.2, 0.25) is 0 Å². The van der Waals surface area contributed by atoms with E-state index in [2.05, 4.69) is 28.8 Å². The van der Waals surface area contributed by atoms with Crippen LogP contribution in [0.1, 0.15) is 29.9 Å². The molecule has 1 unspecified atom stereocenters. The molecule has 0 fully saturated rings. The Bertz CT molecular complexity index is 863. The molecule has 136 valence electrons. The van der Waals surface area contributed by atoms with Crippen molar-refractivity contribution in [2.45, 2.75) is 26.4 Å². The third-order valence-electron chi connectivity index (χ3n) is 3.69. The summed E-state index contributed by atoms with van der Waals surface area (Å²) in [7, 11) is 0. The molecule has 0 saturated heterocycles. The first-order valence-electron chi connectivity index (χ1n) is 8.30. The molecule has 0 radical (unpaired) electrons. The van der Waals surface area contributed by atoms with E-state index in [0.29, 0.717) is 5.02 Å². The Labute approximate surface area is 160 Å². The smallest absolute Gasteiger partial charge is 0.421 e. The van der Waals surface area contributed by atoms with Crippen LogP contribution in [0.2, 0.25) is 5.02 Å². The number of ether oxygens (including phenoxy) is 1. The van der Waals surface area contributed by atoms with Gasteiger partial charge in [-0.15, -0.1) is 11.3 Å². The van der Waals surface area contributed by atoms with Crippen LogP contribution in [-0.2, 0) is 11.2 Å². The Balaban J connectivity index is 1.97. The number of hydrazine groups is 1. The quantitative estimate of drug-likeness (QED) is 0.755. The lowest BCUT2D eigenvalue weighted by Crippen LogP contribution is -2.44. The average molecular weight is 391 g/mol. The van der Waals surface area contributed by atoms with Crippen LogP contribution in [0.5, 0.6) is 0 Å². The van der Waals surface area contributed by atoms with Gasteiger partial charge in [-0.2, -0.15) is 0 Å². The van der Waals surface area contributed by atoms with Gasteiger partial charge >= 0.3 is 6.09 Å². The fourth-order valence-electron chi connectivity index (χ4n) is 2.49. The van der Waals surface area contributed by atoms with Crippen molar-refractivity contribution in [2.75, 3.05) is 6.61 Å². The number of carbonyl (C=O) groups is 1. The van der Waals surface area contributed by atoms with E-state index in [1.54, 1.807) is 24.5 Å². The van der Waals surface area contributed by atoms with Crippen molar-refractivity contribution in [3.63, 3.8) is 0 Å². The highest BCUT2D eigenvalue weighted by molar-refractivity contribution is 7.16. The number of aryl methyl sites for hydroxylation is 1. The molecule has 0 spiro atoms. The Hall–Kier alpha value is -2.22. The lowest BCUT2D eigenvalue weighted by Gasteiger charge is -2.13. The van der Waals surface area contributed by atoms with E-state index in [0.717, 1.165) is 28.3 Å². The van der Waals surface area contributed by atoms with E-state index in [-0.39, 0.29) is 6.61 Å². The van der Waals surface area contributed by atoms with E-state index in [1.807, 2.05) is 24.3 Å². The number of benzene rings is 1. The number of halogens is 1. The third kappa shape index (κ3) is 4.12. The molecule has 1 aliphatic heterocycles. The van der Waals surface area contributed by atoms with E-state index >= 15 is 0 Å². The molecule has 1 amide bonds. The third-order valence-corrected chi connectivity index (χ3v) is 5.21. The van der Waals surface area contributed by atoms with Gasteiger partial charge in [-0.1, -0.05) is 36.7 Å². The number of fused-ring (bicyclic) bond motifs is 1. The molecule has 0 bridgehead atoms. The zero-order valence-corrected chi connectivity index (χ0v) is 16.0. The molecule has 1 aromatic heterocycles. The number of carbonyl (C=O) groups excluding carboxylic acids is 1. The van der Waals surface area contributed by atoms with E-state index in [4.69, 9.17) is 21.3 Å². The van der Waals surface area contributed by atoms with Gasteiger partial charge < -0.3 is 4.74 Å². The molecule has 2 N–H and O–H groups in total. The molecule has 26 heavy (non-hydrogen) atoms. The summed E-state index contributed by atoms with van der Waals surface area (Å²) in [4.78, 5) is 22.0. The highest BCUT2D eigenvalue weighted by Gasteiger charge is 2.21. The molecule has 6 nitrogen and oxygen atoms in total. The monoisotopic (exact) mass is 390 g/mol. The number of rotatable bonds is 5. The van der Waals surface area contributed by atoms with Gasteiger partial charge in [0.25, 0.3) is 0 Å². The Kier molecular flexibility index (Phi) is 6.03. The molecule has 2 heterocycles. The van der Waals surface area contributed by atoms with Gasteiger partial charge in [0, 0.05) is 27.2 Å². The lowest BCUT2D eigenvalue weighted by molar-refractivity contribution is 0.146. The SMILES string of the molecule is CCOC(=O)NNC1C=Nc2sc(CC)cc2C(c2ccccc2Cl)=N1. The van der Waals surface area contributed by atoms with Crippen LogP contribution in [0.3, 0.4) is 0 Å². The summed E-state index contributed by atoms with van der Waals surface area (Å²) < 4.78 is 4.85. The molecule has 2 aromatic rings. The molecule has 0 saturated carbocycles. The summed E-state index contributed by atoms with van der Waals surface area (Å²) in [6, 6.07) is 9.65. The zero-order valence-electron chi connectivity index (χ0n) is 14.5. The van der Waals surface area contributed by atoms with Gasteiger partial charge in [0.1, 0.15) is 5.00 Å². The lowest BCUT2D eigenvalue weighted by atomic mass is 10.0. The first-order chi connectivity index (χ1) is 12.6. The highest BCUT2D eigenvalue weighted by Crippen LogP contribution is 2.35. The standard InChI is InChI=1S/C18H19ClN4O2S/c1-3-11-9-13-16(12-7-5-6-8-14(12)19)21-15(10-20-17(13)26-11)22-23-18(24)25-4-2/h5-10,15,22H,3-4H2,1-2H3,(H,23,24). The van der Waals surface area contributed by atoms with Crippen LogP contribution >= 0.6 is 22.9 Å². The first kappa shape index (κ1) is 18.6. The van der Waals surface area contributed by atoms with Crippen molar-refractivity contribution in [1.82, 2.24) is 10.9 Å². The zero-order chi connectivity index (χ0) is 18.5. The topological polar surface area (TPSA) is 75.1 Å². The van der Waals surface area contributed by atoms with E-state index < -0.39 is 12.3 Å². The number of amides is 1. The minimum absolute atomic E-state index is 0.289. The maximum atomic E-state index is 11.5. The second kappa shape index (κ2) is 8.44.